The van der Waals surface area contributed by atoms with Crippen LogP contribution >= 0.6 is 24.0 Å². The number of hydrogen-bond donors (Lipinski definition) is 1. The van der Waals surface area contributed by atoms with Gasteiger partial charge in [0.15, 0.2) is 5.78 Å². The van der Waals surface area contributed by atoms with Crippen LogP contribution in [0.2, 0.25) is 5.02 Å². The van der Waals surface area contributed by atoms with Gasteiger partial charge in [-0.3, -0.25) is 9.69 Å². The number of halogens is 2. The summed E-state index contributed by atoms with van der Waals surface area (Å²) in [7, 11) is 0. The average Bonchev–Trinajstić information content (AvgIpc) is 2.68. The van der Waals surface area contributed by atoms with Crippen LogP contribution in [0.15, 0.2) is 66.7 Å². The van der Waals surface area contributed by atoms with E-state index in [9.17, 15) is 4.79 Å². The molecule has 1 heterocycles. The number of ketones is 1. The molecule has 0 amide bonds. The van der Waals surface area contributed by atoms with Crippen molar-refractivity contribution >= 4 is 41.4 Å². The van der Waals surface area contributed by atoms with Gasteiger partial charge in [-0.1, -0.05) is 60.6 Å². The van der Waals surface area contributed by atoms with Crippen molar-refractivity contribution in [3.05, 3.63) is 82.9 Å². The molecular formula is C22H24Cl2N2O. The van der Waals surface area contributed by atoms with Crippen molar-refractivity contribution in [1.82, 2.24) is 10.2 Å². The summed E-state index contributed by atoms with van der Waals surface area (Å²) in [4.78, 5) is 15.4. The second-order valence-electron chi connectivity index (χ2n) is 6.43. The molecule has 3 rings (SSSR count). The number of carbonyl (C=O) groups excluding carboxylic acids is 1. The van der Waals surface area contributed by atoms with E-state index in [4.69, 9.17) is 11.6 Å². The standard InChI is InChI=1S/C22H23ClN2O.ClH/c1-17(16-25-13-11-24-12-14-25)22(26)21(19-5-3-2-4-6-19)15-18-7-9-20(23)10-8-18;/h2-10,15,24H,1,11-14,16H2;1H/b21-15+;. The smallest absolute Gasteiger partial charge is 0.190 e. The highest BCUT2D eigenvalue weighted by molar-refractivity contribution is 6.32. The highest BCUT2D eigenvalue weighted by Crippen LogP contribution is 2.23. The average molecular weight is 403 g/mol. The minimum absolute atomic E-state index is 0. The van der Waals surface area contributed by atoms with Gasteiger partial charge in [-0.25, -0.2) is 0 Å². The monoisotopic (exact) mass is 402 g/mol. The Morgan fingerprint density at radius 2 is 1.70 bits per heavy atom. The zero-order valence-electron chi connectivity index (χ0n) is 15.2. The van der Waals surface area contributed by atoms with E-state index in [0.717, 1.165) is 37.3 Å². The van der Waals surface area contributed by atoms with E-state index in [-0.39, 0.29) is 18.2 Å². The van der Waals surface area contributed by atoms with Crippen molar-refractivity contribution < 1.29 is 4.79 Å². The number of hydrogen-bond acceptors (Lipinski definition) is 3. The molecule has 0 spiro atoms. The summed E-state index contributed by atoms with van der Waals surface area (Å²) < 4.78 is 0. The summed E-state index contributed by atoms with van der Waals surface area (Å²) in [6.07, 6.45) is 1.91. The fourth-order valence-corrected chi connectivity index (χ4v) is 3.15. The molecule has 1 aliphatic rings. The molecule has 1 N–H and O–H groups in total. The SMILES string of the molecule is C=C(CN1CCNCC1)C(=O)/C(=C/c1ccc(Cl)cc1)c1ccccc1.Cl. The molecule has 142 valence electrons. The van der Waals surface area contributed by atoms with Crippen LogP contribution in [0.1, 0.15) is 11.1 Å². The number of carbonyl (C=O) groups is 1. The van der Waals surface area contributed by atoms with E-state index in [1.807, 2.05) is 60.7 Å². The third-order valence-electron chi connectivity index (χ3n) is 4.46. The van der Waals surface area contributed by atoms with Crippen LogP contribution in [0.5, 0.6) is 0 Å². The molecule has 0 atom stereocenters. The van der Waals surface area contributed by atoms with E-state index in [1.54, 1.807) is 0 Å². The quantitative estimate of drug-likeness (QED) is 0.576. The summed E-state index contributed by atoms with van der Waals surface area (Å²) in [5.41, 5.74) is 3.12. The Bertz CT molecular complexity index is 795. The van der Waals surface area contributed by atoms with E-state index < -0.39 is 0 Å². The first-order valence-corrected chi connectivity index (χ1v) is 9.19. The van der Waals surface area contributed by atoms with Crippen LogP contribution in [0.4, 0.5) is 0 Å². The maximum atomic E-state index is 13.2. The van der Waals surface area contributed by atoms with Crippen LogP contribution in [-0.2, 0) is 4.79 Å². The van der Waals surface area contributed by atoms with E-state index >= 15 is 0 Å². The Labute approximate surface area is 172 Å². The summed E-state index contributed by atoms with van der Waals surface area (Å²) in [5.74, 6) is -0.00955. The molecule has 3 nitrogen and oxygen atoms in total. The lowest BCUT2D eigenvalue weighted by Gasteiger charge is -2.27. The number of allylic oxidation sites excluding steroid dienone is 1. The zero-order chi connectivity index (χ0) is 18.4. The molecule has 0 aliphatic carbocycles. The summed E-state index contributed by atoms with van der Waals surface area (Å²) >= 11 is 5.97. The highest BCUT2D eigenvalue weighted by Gasteiger charge is 2.19. The lowest BCUT2D eigenvalue weighted by molar-refractivity contribution is -0.110. The lowest BCUT2D eigenvalue weighted by Crippen LogP contribution is -2.44. The Kier molecular flexibility index (Phi) is 8.26. The maximum Gasteiger partial charge on any atom is 0.190 e. The Balaban J connectivity index is 0.00000261. The van der Waals surface area contributed by atoms with Crippen LogP contribution in [0.3, 0.4) is 0 Å². The normalized spacial score (nSPS) is 15.1. The number of benzene rings is 2. The largest absolute Gasteiger partial charge is 0.314 e. The first-order chi connectivity index (χ1) is 12.6. The molecule has 5 heteroatoms. The number of piperazine rings is 1. The molecule has 0 bridgehead atoms. The fraction of sp³-hybridized carbons (Fsp3) is 0.227. The van der Waals surface area contributed by atoms with E-state index in [1.165, 1.54) is 0 Å². The molecule has 1 aliphatic heterocycles. The van der Waals surface area contributed by atoms with Crippen LogP contribution < -0.4 is 5.32 Å². The van der Waals surface area contributed by atoms with Gasteiger partial charge < -0.3 is 5.32 Å². The van der Waals surface area contributed by atoms with Gasteiger partial charge in [0.2, 0.25) is 0 Å². The molecule has 1 fully saturated rings. The number of Topliss-reactive ketones (excluding diaryl/α,β-unsaturated/α-hetero) is 1. The molecule has 27 heavy (non-hydrogen) atoms. The first-order valence-electron chi connectivity index (χ1n) is 8.82. The molecule has 0 aromatic heterocycles. The van der Waals surface area contributed by atoms with Crippen molar-refractivity contribution in [2.75, 3.05) is 32.7 Å². The number of nitrogens with zero attached hydrogens (tertiary/aromatic N) is 1. The van der Waals surface area contributed by atoms with Crippen molar-refractivity contribution in [1.29, 1.82) is 0 Å². The fourth-order valence-electron chi connectivity index (χ4n) is 3.02. The maximum absolute atomic E-state index is 13.2. The van der Waals surface area contributed by atoms with Gasteiger partial charge in [0.25, 0.3) is 0 Å². The lowest BCUT2D eigenvalue weighted by atomic mass is 9.95. The molecule has 0 unspecified atom stereocenters. The minimum atomic E-state index is -0.00955. The Morgan fingerprint density at radius 3 is 2.33 bits per heavy atom. The van der Waals surface area contributed by atoms with Gasteiger partial charge in [0, 0.05) is 48.9 Å². The predicted octanol–water partition coefficient (Wildman–Crippen LogP) is 4.33. The van der Waals surface area contributed by atoms with Gasteiger partial charge in [-0.2, -0.15) is 0 Å². The second-order valence-corrected chi connectivity index (χ2v) is 6.87. The van der Waals surface area contributed by atoms with Gasteiger partial charge in [-0.05, 0) is 29.3 Å². The molecule has 1 saturated heterocycles. The Morgan fingerprint density at radius 1 is 1.07 bits per heavy atom. The summed E-state index contributed by atoms with van der Waals surface area (Å²) in [6, 6.07) is 17.2. The predicted molar refractivity (Wildman–Crippen MR) is 116 cm³/mol. The molecule has 0 saturated carbocycles. The minimum Gasteiger partial charge on any atom is -0.314 e. The van der Waals surface area contributed by atoms with Crippen LogP contribution in [0.25, 0.3) is 11.6 Å². The van der Waals surface area contributed by atoms with Crippen molar-refractivity contribution in [2.24, 2.45) is 0 Å². The van der Waals surface area contributed by atoms with Gasteiger partial charge in [0.1, 0.15) is 0 Å². The summed E-state index contributed by atoms with van der Waals surface area (Å²) in [6.45, 7) is 8.46. The van der Waals surface area contributed by atoms with Crippen LogP contribution in [0, 0.1) is 0 Å². The molecule has 2 aromatic carbocycles. The highest BCUT2D eigenvalue weighted by atomic mass is 35.5. The van der Waals surface area contributed by atoms with E-state index in [2.05, 4.69) is 16.8 Å². The number of nitrogens with one attached hydrogen (secondary N) is 1. The number of rotatable bonds is 6. The molecular weight excluding hydrogens is 379 g/mol. The van der Waals surface area contributed by atoms with Crippen molar-refractivity contribution in [3.63, 3.8) is 0 Å². The first kappa shape index (κ1) is 21.4. The third-order valence-corrected chi connectivity index (χ3v) is 4.71. The third kappa shape index (κ3) is 6.05. The molecule has 2 aromatic rings. The van der Waals surface area contributed by atoms with Gasteiger partial charge in [-0.15, -0.1) is 12.4 Å². The van der Waals surface area contributed by atoms with Crippen molar-refractivity contribution in [3.8, 4) is 0 Å². The molecule has 0 radical (unpaired) electrons. The van der Waals surface area contributed by atoms with E-state index in [0.29, 0.717) is 22.7 Å². The van der Waals surface area contributed by atoms with Gasteiger partial charge >= 0.3 is 0 Å². The zero-order valence-corrected chi connectivity index (χ0v) is 16.7. The topological polar surface area (TPSA) is 32.3 Å². The Hall–Kier alpha value is -1.91. The summed E-state index contributed by atoms with van der Waals surface area (Å²) in [5, 5.41) is 4.00. The van der Waals surface area contributed by atoms with Crippen LogP contribution in [-0.4, -0.2) is 43.4 Å². The second kappa shape index (κ2) is 10.4. The van der Waals surface area contributed by atoms with Gasteiger partial charge in [0.05, 0.1) is 0 Å². The van der Waals surface area contributed by atoms with Crippen molar-refractivity contribution in [2.45, 2.75) is 0 Å².